The van der Waals surface area contributed by atoms with Crippen LogP contribution in [0.4, 0.5) is 0 Å². The summed E-state index contributed by atoms with van der Waals surface area (Å²) >= 11 is 12.0. The van der Waals surface area contributed by atoms with E-state index in [0.29, 0.717) is 10.0 Å². The third-order valence-corrected chi connectivity index (χ3v) is 4.32. The average Bonchev–Trinajstić information content (AvgIpc) is 2.90. The van der Waals surface area contributed by atoms with Crippen LogP contribution in [0.5, 0.6) is 5.75 Å². The van der Waals surface area contributed by atoms with E-state index >= 15 is 0 Å². The molecule has 2 aromatic rings. The van der Waals surface area contributed by atoms with Crippen LogP contribution in [0.15, 0.2) is 36.4 Å². The van der Waals surface area contributed by atoms with Gasteiger partial charge in [0.2, 0.25) is 0 Å². The van der Waals surface area contributed by atoms with Gasteiger partial charge < -0.3 is 10.5 Å². The Kier molecular flexibility index (Phi) is 3.88. The summed E-state index contributed by atoms with van der Waals surface area (Å²) in [5.41, 5.74) is 9.75. The largest absolute Gasteiger partial charge is 0.493 e. The van der Waals surface area contributed by atoms with Crippen LogP contribution in [0.3, 0.4) is 0 Å². The molecule has 0 fully saturated rings. The Balaban J connectivity index is 1.78. The second-order valence-electron chi connectivity index (χ2n) is 5.02. The van der Waals surface area contributed by atoms with E-state index < -0.39 is 0 Å². The number of nitrogens with two attached hydrogens (primary N) is 1. The summed E-state index contributed by atoms with van der Waals surface area (Å²) in [6, 6.07) is 11.8. The molecule has 0 aliphatic carbocycles. The van der Waals surface area contributed by atoms with Crippen LogP contribution in [-0.2, 0) is 12.8 Å². The van der Waals surface area contributed by atoms with Crippen LogP contribution in [0.1, 0.15) is 22.7 Å². The zero-order valence-electron chi connectivity index (χ0n) is 10.9. The van der Waals surface area contributed by atoms with Crippen LogP contribution in [0, 0.1) is 0 Å². The van der Waals surface area contributed by atoms with Crippen molar-refractivity contribution in [2.75, 3.05) is 6.61 Å². The Morgan fingerprint density at radius 1 is 1.10 bits per heavy atom. The van der Waals surface area contributed by atoms with Crippen LogP contribution in [0.2, 0.25) is 10.0 Å². The maximum absolute atomic E-state index is 6.29. The number of fused-ring (bicyclic) bond motifs is 1. The molecule has 1 heterocycles. The Morgan fingerprint density at radius 3 is 2.75 bits per heavy atom. The van der Waals surface area contributed by atoms with Crippen molar-refractivity contribution in [3.05, 3.63) is 63.1 Å². The fourth-order valence-corrected chi connectivity index (χ4v) is 2.80. The van der Waals surface area contributed by atoms with Crippen LogP contribution < -0.4 is 10.5 Å². The Hall–Kier alpha value is -1.22. The van der Waals surface area contributed by atoms with E-state index in [1.807, 2.05) is 30.3 Å². The van der Waals surface area contributed by atoms with Gasteiger partial charge in [-0.25, -0.2) is 0 Å². The maximum Gasteiger partial charge on any atom is 0.122 e. The molecule has 2 nitrogen and oxygen atoms in total. The lowest BCUT2D eigenvalue weighted by atomic mass is 9.97. The van der Waals surface area contributed by atoms with Gasteiger partial charge in [-0.3, -0.25) is 0 Å². The third-order valence-electron chi connectivity index (χ3n) is 3.58. The lowest BCUT2D eigenvalue weighted by Gasteiger charge is -2.14. The molecule has 1 unspecified atom stereocenters. The quantitative estimate of drug-likeness (QED) is 0.923. The van der Waals surface area contributed by atoms with E-state index in [4.69, 9.17) is 33.7 Å². The standard InChI is InChI=1S/C16H15Cl2NO/c17-13-3-1-10(7-14(13)18)8-15(19)11-2-4-16-12(9-11)5-6-20-16/h1-4,7,9,15H,5-6,8,19H2. The summed E-state index contributed by atoms with van der Waals surface area (Å²) in [7, 11) is 0. The molecule has 0 radical (unpaired) electrons. The van der Waals surface area contributed by atoms with Gasteiger partial charge in [0.1, 0.15) is 5.75 Å². The van der Waals surface area contributed by atoms with Gasteiger partial charge in [-0.15, -0.1) is 0 Å². The van der Waals surface area contributed by atoms with Crippen molar-refractivity contribution >= 4 is 23.2 Å². The molecule has 0 aromatic heterocycles. The van der Waals surface area contributed by atoms with Crippen molar-refractivity contribution in [3.63, 3.8) is 0 Å². The van der Waals surface area contributed by atoms with Crippen molar-refractivity contribution in [3.8, 4) is 5.75 Å². The van der Waals surface area contributed by atoms with Crippen molar-refractivity contribution in [1.82, 2.24) is 0 Å². The smallest absolute Gasteiger partial charge is 0.122 e. The SMILES string of the molecule is NC(Cc1ccc(Cl)c(Cl)c1)c1ccc2c(c1)CCO2. The van der Waals surface area contributed by atoms with Crippen molar-refractivity contribution in [1.29, 1.82) is 0 Å². The highest BCUT2D eigenvalue weighted by Crippen LogP contribution is 2.29. The molecule has 4 heteroatoms. The predicted octanol–water partition coefficient (Wildman–Crippen LogP) is 4.17. The fourth-order valence-electron chi connectivity index (χ4n) is 2.48. The Labute approximate surface area is 128 Å². The number of benzene rings is 2. The minimum Gasteiger partial charge on any atom is -0.493 e. The van der Waals surface area contributed by atoms with Gasteiger partial charge in [0.15, 0.2) is 0 Å². The van der Waals surface area contributed by atoms with E-state index in [9.17, 15) is 0 Å². The molecule has 2 aromatic carbocycles. The second-order valence-corrected chi connectivity index (χ2v) is 5.84. The van der Waals surface area contributed by atoms with Gasteiger partial charge in [0, 0.05) is 12.5 Å². The van der Waals surface area contributed by atoms with E-state index in [-0.39, 0.29) is 6.04 Å². The van der Waals surface area contributed by atoms with Gasteiger partial charge in [-0.2, -0.15) is 0 Å². The first-order chi connectivity index (χ1) is 9.63. The van der Waals surface area contributed by atoms with Gasteiger partial charge in [-0.1, -0.05) is 41.4 Å². The van der Waals surface area contributed by atoms with Crippen LogP contribution >= 0.6 is 23.2 Å². The highest BCUT2D eigenvalue weighted by molar-refractivity contribution is 6.42. The molecule has 20 heavy (non-hydrogen) atoms. The summed E-state index contributed by atoms with van der Waals surface area (Å²) in [4.78, 5) is 0. The highest BCUT2D eigenvalue weighted by Gasteiger charge is 2.15. The first kappa shape index (κ1) is 13.7. The number of ether oxygens (including phenoxy) is 1. The van der Waals surface area contributed by atoms with E-state index in [0.717, 1.165) is 36.3 Å². The minimum absolute atomic E-state index is 0.0573. The minimum atomic E-state index is -0.0573. The lowest BCUT2D eigenvalue weighted by molar-refractivity contribution is 0.357. The molecule has 104 valence electrons. The first-order valence-electron chi connectivity index (χ1n) is 6.58. The highest BCUT2D eigenvalue weighted by atomic mass is 35.5. The van der Waals surface area contributed by atoms with Gasteiger partial charge in [-0.05, 0) is 41.3 Å². The molecule has 0 spiro atoms. The summed E-state index contributed by atoms with van der Waals surface area (Å²) < 4.78 is 5.51. The molecule has 1 aliphatic heterocycles. The fraction of sp³-hybridized carbons (Fsp3) is 0.250. The first-order valence-corrected chi connectivity index (χ1v) is 7.34. The predicted molar refractivity (Wildman–Crippen MR) is 82.7 cm³/mol. The van der Waals surface area contributed by atoms with E-state index in [1.165, 1.54) is 5.56 Å². The van der Waals surface area contributed by atoms with Crippen LogP contribution in [0.25, 0.3) is 0 Å². The van der Waals surface area contributed by atoms with Gasteiger partial charge in [0.05, 0.1) is 16.7 Å². The van der Waals surface area contributed by atoms with Crippen molar-refractivity contribution in [2.24, 2.45) is 5.73 Å². The summed E-state index contributed by atoms with van der Waals surface area (Å²) in [6.45, 7) is 0.765. The van der Waals surface area contributed by atoms with Crippen LogP contribution in [-0.4, -0.2) is 6.61 Å². The summed E-state index contributed by atoms with van der Waals surface area (Å²) in [5.74, 6) is 0.982. The van der Waals surface area contributed by atoms with E-state index in [2.05, 4.69) is 6.07 Å². The van der Waals surface area contributed by atoms with Gasteiger partial charge in [0.25, 0.3) is 0 Å². The number of hydrogen-bond acceptors (Lipinski definition) is 2. The lowest BCUT2D eigenvalue weighted by Crippen LogP contribution is -2.13. The second kappa shape index (κ2) is 5.65. The average molecular weight is 308 g/mol. The van der Waals surface area contributed by atoms with E-state index in [1.54, 1.807) is 0 Å². The summed E-state index contributed by atoms with van der Waals surface area (Å²) in [6.07, 6.45) is 1.69. The molecule has 0 saturated carbocycles. The Bertz CT molecular complexity index is 642. The normalized spacial score (nSPS) is 14.8. The Morgan fingerprint density at radius 2 is 1.95 bits per heavy atom. The van der Waals surface area contributed by atoms with Crippen molar-refractivity contribution in [2.45, 2.75) is 18.9 Å². The molecule has 0 saturated heterocycles. The molecule has 3 rings (SSSR count). The topological polar surface area (TPSA) is 35.2 Å². The van der Waals surface area contributed by atoms with Gasteiger partial charge >= 0.3 is 0 Å². The molecule has 0 bridgehead atoms. The molecule has 1 aliphatic rings. The van der Waals surface area contributed by atoms with Crippen molar-refractivity contribution < 1.29 is 4.74 Å². The molecular weight excluding hydrogens is 293 g/mol. The monoisotopic (exact) mass is 307 g/mol. The summed E-state index contributed by atoms with van der Waals surface area (Å²) in [5, 5.41) is 1.14. The number of rotatable bonds is 3. The zero-order chi connectivity index (χ0) is 14.1. The molecule has 2 N–H and O–H groups in total. The zero-order valence-corrected chi connectivity index (χ0v) is 12.4. The molecular formula is C16H15Cl2NO. The molecule has 1 atom stereocenters. The number of hydrogen-bond donors (Lipinski definition) is 1. The third kappa shape index (κ3) is 2.78. The number of halogens is 2. The maximum atomic E-state index is 6.29. The molecule has 0 amide bonds.